The first-order chi connectivity index (χ1) is 7.76. The summed E-state index contributed by atoms with van der Waals surface area (Å²) < 4.78 is 18.8. The van der Waals surface area contributed by atoms with E-state index in [0.29, 0.717) is 10.0 Å². The lowest BCUT2D eigenvalue weighted by Crippen LogP contribution is -2.32. The second kappa shape index (κ2) is 5.49. The van der Waals surface area contributed by atoms with Crippen LogP contribution in [0.3, 0.4) is 0 Å². The molecule has 0 saturated heterocycles. The standard InChI is InChI=1S/C12H15BrFNO2/c1-12(2,3)17-11(16)15-7-8-4-9(13)6-10(14)5-8/h4-6H,7H2,1-3H3,(H,15,16). The van der Waals surface area contributed by atoms with Gasteiger partial charge in [0.2, 0.25) is 0 Å². The molecule has 17 heavy (non-hydrogen) atoms. The van der Waals surface area contributed by atoms with E-state index in [1.807, 2.05) is 0 Å². The summed E-state index contributed by atoms with van der Waals surface area (Å²) in [5.74, 6) is -0.347. The molecule has 94 valence electrons. The largest absolute Gasteiger partial charge is 0.444 e. The molecule has 0 atom stereocenters. The molecule has 3 nitrogen and oxygen atoms in total. The highest BCUT2D eigenvalue weighted by Gasteiger charge is 2.15. The highest BCUT2D eigenvalue weighted by atomic mass is 79.9. The van der Waals surface area contributed by atoms with Gasteiger partial charge in [-0.3, -0.25) is 0 Å². The topological polar surface area (TPSA) is 38.3 Å². The van der Waals surface area contributed by atoms with E-state index in [9.17, 15) is 9.18 Å². The van der Waals surface area contributed by atoms with Crippen LogP contribution in [0.15, 0.2) is 22.7 Å². The first-order valence-corrected chi connectivity index (χ1v) is 5.97. The summed E-state index contributed by atoms with van der Waals surface area (Å²) in [6.07, 6.45) is -0.516. The summed E-state index contributed by atoms with van der Waals surface area (Å²) in [5, 5.41) is 2.56. The normalized spacial score (nSPS) is 11.1. The van der Waals surface area contributed by atoms with Crippen molar-refractivity contribution in [3.8, 4) is 0 Å². The third-order valence-corrected chi connectivity index (χ3v) is 2.22. The average molecular weight is 304 g/mol. The number of nitrogens with one attached hydrogen (secondary N) is 1. The SMILES string of the molecule is CC(C)(C)OC(=O)NCc1cc(F)cc(Br)c1. The van der Waals surface area contributed by atoms with Gasteiger partial charge >= 0.3 is 6.09 Å². The van der Waals surface area contributed by atoms with Crippen molar-refractivity contribution in [2.75, 3.05) is 0 Å². The quantitative estimate of drug-likeness (QED) is 0.906. The Morgan fingerprint density at radius 2 is 2.06 bits per heavy atom. The zero-order valence-corrected chi connectivity index (χ0v) is 11.6. The average Bonchev–Trinajstić information content (AvgIpc) is 2.10. The zero-order valence-electron chi connectivity index (χ0n) is 10.0. The van der Waals surface area contributed by atoms with Crippen molar-refractivity contribution < 1.29 is 13.9 Å². The molecule has 0 saturated carbocycles. The number of alkyl carbamates (subject to hydrolysis) is 1. The zero-order chi connectivity index (χ0) is 13.1. The van der Waals surface area contributed by atoms with Gasteiger partial charge in [-0.2, -0.15) is 0 Å². The molecule has 0 heterocycles. The molecule has 0 aromatic heterocycles. The molecule has 0 aliphatic carbocycles. The maximum atomic E-state index is 13.0. The molecule has 1 amide bonds. The summed E-state index contributed by atoms with van der Waals surface area (Å²) in [6.45, 7) is 5.58. The van der Waals surface area contributed by atoms with Gasteiger partial charge in [0.1, 0.15) is 11.4 Å². The molecule has 0 spiro atoms. The molecule has 1 N–H and O–H groups in total. The Morgan fingerprint density at radius 1 is 1.41 bits per heavy atom. The fraction of sp³-hybridized carbons (Fsp3) is 0.417. The van der Waals surface area contributed by atoms with Crippen molar-refractivity contribution in [3.05, 3.63) is 34.1 Å². The lowest BCUT2D eigenvalue weighted by atomic mass is 10.2. The van der Waals surface area contributed by atoms with Crippen molar-refractivity contribution in [1.29, 1.82) is 0 Å². The van der Waals surface area contributed by atoms with E-state index in [2.05, 4.69) is 21.2 Å². The van der Waals surface area contributed by atoms with Crippen LogP contribution in [-0.2, 0) is 11.3 Å². The number of carbonyl (C=O) groups is 1. The molecule has 1 aromatic carbocycles. The predicted molar refractivity (Wildman–Crippen MR) is 67.2 cm³/mol. The third-order valence-electron chi connectivity index (χ3n) is 1.76. The Hall–Kier alpha value is -1.10. The molecule has 1 rings (SSSR count). The van der Waals surface area contributed by atoms with Gasteiger partial charge in [0.25, 0.3) is 0 Å². The van der Waals surface area contributed by atoms with Crippen LogP contribution in [0.25, 0.3) is 0 Å². The summed E-state index contributed by atoms with van der Waals surface area (Å²) >= 11 is 3.18. The van der Waals surface area contributed by atoms with Gasteiger partial charge in [0.05, 0.1) is 0 Å². The van der Waals surface area contributed by atoms with E-state index >= 15 is 0 Å². The lowest BCUT2D eigenvalue weighted by Gasteiger charge is -2.19. The summed E-state index contributed by atoms with van der Waals surface area (Å²) in [5.41, 5.74) is 0.134. The lowest BCUT2D eigenvalue weighted by molar-refractivity contribution is 0.0523. The molecular weight excluding hydrogens is 289 g/mol. The summed E-state index contributed by atoms with van der Waals surface area (Å²) in [4.78, 5) is 11.4. The van der Waals surface area contributed by atoms with Gasteiger partial charge in [-0.25, -0.2) is 9.18 Å². The number of halogens is 2. The van der Waals surface area contributed by atoms with Crippen LogP contribution < -0.4 is 5.32 Å². The number of carbonyl (C=O) groups excluding carboxylic acids is 1. The highest BCUT2D eigenvalue weighted by Crippen LogP contribution is 2.15. The number of benzene rings is 1. The van der Waals surface area contributed by atoms with Gasteiger partial charge in [-0.15, -0.1) is 0 Å². The molecular formula is C12H15BrFNO2. The van der Waals surface area contributed by atoms with E-state index in [1.165, 1.54) is 12.1 Å². The number of ether oxygens (including phenoxy) is 1. The smallest absolute Gasteiger partial charge is 0.407 e. The maximum absolute atomic E-state index is 13.0. The molecule has 0 unspecified atom stereocenters. The minimum absolute atomic E-state index is 0.227. The van der Waals surface area contributed by atoms with E-state index in [4.69, 9.17) is 4.74 Å². The number of hydrogen-bond acceptors (Lipinski definition) is 2. The second-order valence-electron chi connectivity index (χ2n) is 4.63. The Morgan fingerprint density at radius 3 is 2.59 bits per heavy atom. The van der Waals surface area contributed by atoms with E-state index in [0.717, 1.165) is 0 Å². The Balaban J connectivity index is 2.53. The van der Waals surface area contributed by atoms with Crippen LogP contribution in [0.2, 0.25) is 0 Å². The monoisotopic (exact) mass is 303 g/mol. The van der Waals surface area contributed by atoms with Crippen LogP contribution in [0.5, 0.6) is 0 Å². The van der Waals surface area contributed by atoms with Crippen molar-refractivity contribution in [3.63, 3.8) is 0 Å². The predicted octanol–water partition coefficient (Wildman–Crippen LogP) is 3.61. The summed E-state index contributed by atoms with van der Waals surface area (Å²) in [6, 6.07) is 4.46. The number of rotatable bonds is 2. The third kappa shape index (κ3) is 5.68. The Labute approximate surface area is 108 Å². The van der Waals surface area contributed by atoms with Crippen molar-refractivity contribution in [2.24, 2.45) is 0 Å². The maximum Gasteiger partial charge on any atom is 0.407 e. The number of hydrogen-bond donors (Lipinski definition) is 1. The van der Waals surface area contributed by atoms with Crippen molar-refractivity contribution in [2.45, 2.75) is 32.9 Å². The first-order valence-electron chi connectivity index (χ1n) is 5.18. The van der Waals surface area contributed by atoms with Crippen molar-refractivity contribution in [1.82, 2.24) is 5.32 Å². The second-order valence-corrected chi connectivity index (χ2v) is 5.55. The van der Waals surface area contributed by atoms with Gasteiger partial charge in [-0.1, -0.05) is 15.9 Å². The first kappa shape index (κ1) is 14.0. The molecule has 0 radical (unpaired) electrons. The van der Waals surface area contributed by atoms with Crippen LogP contribution in [0.1, 0.15) is 26.3 Å². The Bertz CT molecular complexity index is 395. The number of amides is 1. The minimum Gasteiger partial charge on any atom is -0.444 e. The molecule has 0 bridgehead atoms. The molecule has 0 fully saturated rings. The Kier molecular flexibility index (Phi) is 4.51. The van der Waals surface area contributed by atoms with Crippen LogP contribution in [0.4, 0.5) is 9.18 Å². The van der Waals surface area contributed by atoms with Crippen molar-refractivity contribution >= 4 is 22.0 Å². The van der Waals surface area contributed by atoms with Gasteiger partial charge in [-0.05, 0) is 44.5 Å². The van der Waals surface area contributed by atoms with Crippen LogP contribution in [0, 0.1) is 5.82 Å². The van der Waals surface area contributed by atoms with E-state index in [1.54, 1.807) is 26.8 Å². The fourth-order valence-electron chi connectivity index (χ4n) is 1.20. The van der Waals surface area contributed by atoms with E-state index < -0.39 is 11.7 Å². The molecule has 0 aliphatic rings. The van der Waals surface area contributed by atoms with Gasteiger partial charge in [0, 0.05) is 11.0 Å². The molecule has 1 aromatic rings. The van der Waals surface area contributed by atoms with E-state index in [-0.39, 0.29) is 12.4 Å². The molecule has 0 aliphatic heterocycles. The fourth-order valence-corrected chi connectivity index (χ4v) is 1.71. The van der Waals surface area contributed by atoms with Gasteiger partial charge < -0.3 is 10.1 Å². The van der Waals surface area contributed by atoms with Crippen LogP contribution >= 0.6 is 15.9 Å². The minimum atomic E-state index is -0.535. The highest BCUT2D eigenvalue weighted by molar-refractivity contribution is 9.10. The van der Waals surface area contributed by atoms with Gasteiger partial charge in [0.15, 0.2) is 0 Å². The summed E-state index contributed by atoms with van der Waals surface area (Å²) in [7, 11) is 0. The molecule has 5 heteroatoms. The van der Waals surface area contributed by atoms with Crippen LogP contribution in [-0.4, -0.2) is 11.7 Å².